The minimum Gasteiger partial charge on any atom is -0.352 e. The maximum absolute atomic E-state index is 14.6. The number of carbonyl (C=O) groups is 8. The zero-order valence-electron chi connectivity index (χ0n) is 45.9. The summed E-state index contributed by atoms with van der Waals surface area (Å²) in [6.07, 6.45) is 10.1. The fraction of sp³-hybridized carbons (Fsp3) is 0.517. The number of nitrogens with zero attached hydrogens (tertiary/aromatic N) is 2. The van der Waals surface area contributed by atoms with E-state index in [-0.39, 0.29) is 110 Å². The van der Waals surface area contributed by atoms with E-state index in [1.807, 2.05) is 57.2 Å². The predicted molar refractivity (Wildman–Crippen MR) is 304 cm³/mol. The molecule has 1 saturated heterocycles. The Kier molecular flexibility index (Phi) is 22.8. The van der Waals surface area contributed by atoms with Crippen molar-refractivity contribution in [1.29, 1.82) is 0 Å². The second kappa shape index (κ2) is 28.5. The van der Waals surface area contributed by atoms with Gasteiger partial charge >= 0.3 is 0 Å². The molecule has 9 atom stereocenters. The van der Waals surface area contributed by atoms with Gasteiger partial charge in [-0.25, -0.2) is 0 Å². The maximum Gasteiger partial charge on any atom is 0.251 e. The summed E-state index contributed by atoms with van der Waals surface area (Å²) in [5.41, 5.74) is 4.23. The van der Waals surface area contributed by atoms with Crippen molar-refractivity contribution in [2.24, 2.45) is 5.41 Å². The Morgan fingerprint density at radius 1 is 0.654 bits per heavy atom. The first-order valence-corrected chi connectivity index (χ1v) is 27.1. The molecule has 0 unspecified atom stereocenters. The Balaban J connectivity index is 0.00000560. The number of amides is 8. The molecular weight excluding hydrogens is 1040 g/mol. The summed E-state index contributed by atoms with van der Waals surface area (Å²) < 4.78 is 0. The van der Waals surface area contributed by atoms with E-state index >= 15 is 0 Å². The van der Waals surface area contributed by atoms with Crippen LogP contribution in [0.2, 0.25) is 0 Å². The lowest BCUT2D eigenvalue weighted by Gasteiger charge is -2.36. The van der Waals surface area contributed by atoms with Gasteiger partial charge in [-0.15, -0.1) is 24.8 Å². The van der Waals surface area contributed by atoms with Crippen LogP contribution in [0.15, 0.2) is 84.9 Å². The van der Waals surface area contributed by atoms with Crippen molar-refractivity contribution in [2.75, 3.05) is 33.7 Å². The number of fused-ring (bicyclic) bond motifs is 2. The molecule has 20 heteroatoms. The predicted octanol–water partition coefficient (Wildman–Crippen LogP) is 4.52. The molecule has 2 heterocycles. The molecule has 1 fully saturated rings. The number of aryl methyl sites for hydroxylation is 2. The third kappa shape index (κ3) is 15.5. The fourth-order valence-corrected chi connectivity index (χ4v) is 10.7. The third-order valence-electron chi connectivity index (χ3n) is 15.4. The van der Waals surface area contributed by atoms with Crippen molar-refractivity contribution in [3.8, 4) is 0 Å². The third-order valence-corrected chi connectivity index (χ3v) is 15.4. The van der Waals surface area contributed by atoms with Crippen LogP contribution in [-0.2, 0) is 41.6 Å². The summed E-state index contributed by atoms with van der Waals surface area (Å²) in [7, 11) is 3.31. The van der Waals surface area contributed by atoms with Crippen LogP contribution in [0.5, 0.6) is 0 Å². The van der Waals surface area contributed by atoms with E-state index in [1.165, 1.54) is 27.0 Å². The van der Waals surface area contributed by atoms with E-state index in [9.17, 15) is 38.4 Å². The lowest BCUT2D eigenvalue weighted by atomic mass is 9.85. The lowest BCUT2D eigenvalue weighted by Crippen LogP contribution is -2.59. The van der Waals surface area contributed by atoms with Crippen LogP contribution in [0.1, 0.15) is 141 Å². The van der Waals surface area contributed by atoms with Gasteiger partial charge < -0.3 is 52.3 Å². The number of carbonyl (C=O) groups excluding carboxylic acids is 8. The number of benzene rings is 3. The monoisotopic (exact) mass is 1110 g/mol. The summed E-state index contributed by atoms with van der Waals surface area (Å²) in [4.78, 5) is 114. The highest BCUT2D eigenvalue weighted by Crippen LogP contribution is 2.33. The van der Waals surface area contributed by atoms with Crippen molar-refractivity contribution < 1.29 is 38.4 Å². The zero-order valence-corrected chi connectivity index (χ0v) is 47.6. The normalized spacial score (nSPS) is 20.9. The van der Waals surface area contributed by atoms with Gasteiger partial charge in [-0.2, -0.15) is 0 Å². The molecule has 2 aliphatic heterocycles. The van der Waals surface area contributed by atoms with Gasteiger partial charge in [-0.05, 0) is 138 Å². The first-order valence-electron chi connectivity index (χ1n) is 27.1. The largest absolute Gasteiger partial charge is 0.352 e. The fourth-order valence-electron chi connectivity index (χ4n) is 10.7. The molecule has 8 N–H and O–H groups in total. The number of unbranched alkanes of at least 4 members (excludes halogenated alkanes) is 1. The molecule has 8 amide bonds. The van der Waals surface area contributed by atoms with Crippen molar-refractivity contribution in [2.45, 2.75) is 153 Å². The van der Waals surface area contributed by atoms with Crippen LogP contribution in [0.25, 0.3) is 0 Å². The Labute approximate surface area is 471 Å². The minimum atomic E-state index is -0.978. The molecule has 3 aromatic carbocycles. The van der Waals surface area contributed by atoms with Gasteiger partial charge in [0, 0.05) is 36.8 Å². The Bertz CT molecular complexity index is 2660. The van der Waals surface area contributed by atoms with Crippen LogP contribution >= 0.6 is 24.8 Å². The quantitative estimate of drug-likeness (QED) is 0.0582. The van der Waals surface area contributed by atoms with E-state index in [2.05, 4.69) is 54.7 Å². The van der Waals surface area contributed by atoms with Crippen LogP contribution < -0.4 is 42.5 Å². The first-order chi connectivity index (χ1) is 36.4. The zero-order chi connectivity index (χ0) is 54.7. The highest BCUT2D eigenvalue weighted by molar-refractivity contribution is 6.00. The molecule has 0 radical (unpaired) electrons. The smallest absolute Gasteiger partial charge is 0.251 e. The van der Waals surface area contributed by atoms with Crippen LogP contribution in [0, 0.1) is 5.41 Å². The van der Waals surface area contributed by atoms with Gasteiger partial charge in [-0.1, -0.05) is 87.5 Å². The number of rotatable bonds is 20. The Morgan fingerprint density at radius 2 is 1.22 bits per heavy atom. The van der Waals surface area contributed by atoms with Gasteiger partial charge in [0.1, 0.15) is 24.2 Å². The van der Waals surface area contributed by atoms with E-state index in [0.717, 1.165) is 49.7 Å². The summed E-state index contributed by atoms with van der Waals surface area (Å²) in [6, 6.07) is 16.5. The van der Waals surface area contributed by atoms with Crippen molar-refractivity contribution in [3.05, 3.63) is 118 Å². The molecule has 2 aliphatic carbocycles. The molecule has 0 bridgehead atoms. The summed E-state index contributed by atoms with van der Waals surface area (Å²) in [5.74, 6) is -3.05. The second-order valence-electron chi connectivity index (χ2n) is 21.8. The molecule has 0 saturated carbocycles. The van der Waals surface area contributed by atoms with Crippen LogP contribution in [0.4, 0.5) is 0 Å². The van der Waals surface area contributed by atoms with Crippen LogP contribution in [0.3, 0.4) is 0 Å². The minimum absolute atomic E-state index is 0. The Morgan fingerprint density at radius 3 is 1.81 bits per heavy atom. The van der Waals surface area contributed by atoms with E-state index < -0.39 is 65.4 Å². The van der Waals surface area contributed by atoms with Crippen LogP contribution in [-0.4, -0.2) is 133 Å². The lowest BCUT2D eigenvalue weighted by molar-refractivity contribution is -0.144. The Hall–Kier alpha value is -6.34. The van der Waals surface area contributed by atoms with Gasteiger partial charge in [0.2, 0.25) is 35.4 Å². The average molecular weight is 1120 g/mol. The highest BCUT2D eigenvalue weighted by Gasteiger charge is 2.46. The highest BCUT2D eigenvalue weighted by atomic mass is 35.5. The molecule has 4 aliphatic rings. The molecule has 78 heavy (non-hydrogen) atoms. The van der Waals surface area contributed by atoms with Crippen molar-refractivity contribution in [3.63, 3.8) is 0 Å². The van der Waals surface area contributed by atoms with Gasteiger partial charge in [-0.3, -0.25) is 38.4 Å². The first kappa shape index (κ1) is 62.5. The molecule has 7 rings (SSSR count). The number of likely N-dealkylation sites (N-methyl/N-ethyl adjacent to an activating group) is 2. The SMILES string of the molecule is CN[C@@H](C)C(=O)N[C@@H](CCCCNC(=O)c1cccc(C(=O)N[C@H]2C[C@@H](C(=O)N[C@@H]3CCCc4ccccc43)N(C(=O)[C@@H](NC(=O)[C@H](C)NC)C(C)(C)C)C2)c1)C(=O)N1CC=C[C@H]1C(=O)N[C@@H]1CCCc2ccccc21.Cl.Cl. The molecule has 3 aromatic rings. The van der Waals surface area contributed by atoms with Gasteiger partial charge in [0.25, 0.3) is 11.8 Å². The molecule has 18 nitrogen and oxygen atoms in total. The van der Waals surface area contributed by atoms with E-state index in [4.69, 9.17) is 0 Å². The standard InChI is InChI=1S/C58H78N10O8.2ClH/c1-35(59-6)50(69)65-46(56(75)67-31-17-29-47(67)54(73)63-44-27-15-20-37-18-8-10-24-42(37)44)26-12-13-30-61-52(71)39-22-14-23-40(32-39)53(72)62-41-33-48(55(74)64-45-28-16-21-38-19-9-11-25-43(38)45)68(34-41)57(76)49(58(3,4)5)66-51(70)36(2)60-7;;/h8-11,14,17-19,22-25,29,32,35-36,41,44-49,59-60H,12-13,15-16,20-21,26-28,30-31,33-34H2,1-7H3,(H,61,71)(H,62,72)(H,63,73)(H,64,74)(H,65,69)(H,66,70);2*1H/t35-,36-,41-,44+,45+,46-,47-,48-,49+;;/m0../s1. The molecule has 0 spiro atoms. The maximum atomic E-state index is 14.6. The molecular formula is C58H80Cl2N10O8. The number of hydrogen-bond donors (Lipinski definition) is 8. The van der Waals surface area contributed by atoms with E-state index in [0.29, 0.717) is 12.8 Å². The number of nitrogens with one attached hydrogen (secondary N) is 8. The van der Waals surface area contributed by atoms with Crippen molar-refractivity contribution >= 4 is 72.1 Å². The van der Waals surface area contributed by atoms with Gasteiger partial charge in [0.05, 0.1) is 24.2 Å². The number of likely N-dealkylation sites (tertiary alicyclic amines) is 1. The number of halogens is 2. The summed E-state index contributed by atoms with van der Waals surface area (Å²) in [6.45, 7) is 9.41. The molecule has 0 aromatic heterocycles. The van der Waals surface area contributed by atoms with Gasteiger partial charge in [0.15, 0.2) is 0 Å². The summed E-state index contributed by atoms with van der Waals surface area (Å²) >= 11 is 0. The van der Waals surface area contributed by atoms with E-state index in [1.54, 1.807) is 58.3 Å². The average Bonchev–Trinajstić information content (AvgIpc) is 4.09. The number of hydrogen-bond acceptors (Lipinski definition) is 10. The molecule has 424 valence electrons. The second-order valence-corrected chi connectivity index (χ2v) is 21.8. The summed E-state index contributed by atoms with van der Waals surface area (Å²) in [5, 5.41) is 23.9. The topological polar surface area (TPSA) is 239 Å². The van der Waals surface area contributed by atoms with Crippen molar-refractivity contribution in [1.82, 2.24) is 52.3 Å².